The van der Waals surface area contributed by atoms with E-state index in [9.17, 15) is 0 Å². The molecule has 0 saturated carbocycles. The first-order valence-electron chi connectivity index (χ1n) is 7.97. The molecule has 0 bridgehead atoms. The van der Waals surface area contributed by atoms with Crippen molar-refractivity contribution in [1.29, 1.82) is 0 Å². The number of fused-ring (bicyclic) bond motifs is 1. The van der Waals surface area contributed by atoms with Gasteiger partial charge >= 0.3 is 0 Å². The van der Waals surface area contributed by atoms with E-state index < -0.39 is 0 Å². The highest BCUT2D eigenvalue weighted by Crippen LogP contribution is 2.34. The normalized spacial score (nSPS) is 30.6. The van der Waals surface area contributed by atoms with Crippen LogP contribution in [0, 0.1) is 5.92 Å². The number of ether oxygens (including phenoxy) is 1. The van der Waals surface area contributed by atoms with Crippen molar-refractivity contribution in [1.82, 2.24) is 4.90 Å². The van der Waals surface area contributed by atoms with Gasteiger partial charge in [0.1, 0.15) is 5.75 Å². The molecule has 2 N–H and O–H groups in total. The Balaban J connectivity index is 1.67. The zero-order valence-electron chi connectivity index (χ0n) is 12.4. The summed E-state index contributed by atoms with van der Waals surface area (Å²) in [7, 11) is 0. The zero-order chi connectivity index (χ0) is 13.9. The van der Waals surface area contributed by atoms with Crippen LogP contribution in [0.5, 0.6) is 5.75 Å². The van der Waals surface area contributed by atoms with Gasteiger partial charge in [-0.3, -0.25) is 0 Å². The van der Waals surface area contributed by atoms with Crippen LogP contribution in [0.2, 0.25) is 0 Å². The molecule has 3 heteroatoms. The Labute approximate surface area is 122 Å². The molecule has 2 aliphatic heterocycles. The lowest BCUT2D eigenvalue weighted by molar-refractivity contribution is 0.134. The first-order valence-corrected chi connectivity index (χ1v) is 7.97. The van der Waals surface area contributed by atoms with E-state index in [1.54, 1.807) is 0 Å². The van der Waals surface area contributed by atoms with E-state index >= 15 is 0 Å². The highest BCUT2D eigenvalue weighted by atomic mass is 16.5. The molecule has 0 spiro atoms. The maximum absolute atomic E-state index is 6.21. The van der Waals surface area contributed by atoms with Crippen LogP contribution in [0.15, 0.2) is 24.3 Å². The van der Waals surface area contributed by atoms with Crippen molar-refractivity contribution < 1.29 is 4.74 Å². The summed E-state index contributed by atoms with van der Waals surface area (Å²) in [6.07, 6.45) is 3.47. The molecule has 3 unspecified atom stereocenters. The van der Waals surface area contributed by atoms with E-state index in [4.69, 9.17) is 10.5 Å². The predicted octanol–water partition coefficient (Wildman–Crippen LogP) is 2.61. The van der Waals surface area contributed by atoms with Crippen LogP contribution in [0.4, 0.5) is 0 Å². The maximum atomic E-state index is 6.21. The van der Waals surface area contributed by atoms with E-state index in [0.29, 0.717) is 17.9 Å². The van der Waals surface area contributed by atoms with Gasteiger partial charge in [-0.25, -0.2) is 0 Å². The third kappa shape index (κ3) is 2.84. The van der Waals surface area contributed by atoms with Crippen molar-refractivity contribution in [3.05, 3.63) is 29.8 Å². The summed E-state index contributed by atoms with van der Waals surface area (Å²) in [5, 5.41) is 0. The van der Waals surface area contributed by atoms with Crippen LogP contribution in [-0.2, 0) is 0 Å². The Bertz CT molecular complexity index is 448. The molecule has 110 valence electrons. The van der Waals surface area contributed by atoms with Crippen molar-refractivity contribution in [3.63, 3.8) is 0 Å². The topological polar surface area (TPSA) is 38.5 Å². The maximum Gasteiger partial charge on any atom is 0.122 e. The molecule has 0 amide bonds. The van der Waals surface area contributed by atoms with Gasteiger partial charge in [0.2, 0.25) is 0 Å². The fraction of sp³-hybridized carbons (Fsp3) is 0.647. The average Bonchev–Trinajstić information content (AvgIpc) is 2.49. The molecule has 3 nitrogen and oxygen atoms in total. The SMILES string of the molecule is CCC1CN(CC2CCOc3ccccc32)CCC1N. The quantitative estimate of drug-likeness (QED) is 0.921. The largest absolute Gasteiger partial charge is 0.493 e. The molecule has 3 rings (SSSR count). The van der Waals surface area contributed by atoms with Gasteiger partial charge in [0.25, 0.3) is 0 Å². The van der Waals surface area contributed by atoms with E-state index in [2.05, 4.69) is 36.1 Å². The molecule has 2 aliphatic rings. The summed E-state index contributed by atoms with van der Waals surface area (Å²) >= 11 is 0. The summed E-state index contributed by atoms with van der Waals surface area (Å²) in [6, 6.07) is 8.92. The van der Waals surface area contributed by atoms with Crippen molar-refractivity contribution in [2.24, 2.45) is 11.7 Å². The second kappa shape index (κ2) is 6.15. The minimum atomic E-state index is 0.401. The molecular formula is C17H26N2O. The first-order chi connectivity index (χ1) is 9.78. The Morgan fingerprint density at radius 2 is 2.15 bits per heavy atom. The van der Waals surface area contributed by atoms with Gasteiger partial charge in [0.15, 0.2) is 0 Å². The second-order valence-electron chi connectivity index (χ2n) is 6.25. The second-order valence-corrected chi connectivity index (χ2v) is 6.25. The number of hydrogen-bond donors (Lipinski definition) is 1. The lowest BCUT2D eigenvalue weighted by Crippen LogP contribution is -2.48. The Kier molecular flexibility index (Phi) is 4.27. The molecule has 1 saturated heterocycles. The van der Waals surface area contributed by atoms with Crippen LogP contribution in [0.25, 0.3) is 0 Å². The molecule has 2 heterocycles. The fourth-order valence-electron chi connectivity index (χ4n) is 3.64. The van der Waals surface area contributed by atoms with E-state index in [1.807, 2.05) is 0 Å². The van der Waals surface area contributed by atoms with Crippen LogP contribution in [0.3, 0.4) is 0 Å². The Morgan fingerprint density at radius 3 is 3.00 bits per heavy atom. The van der Waals surface area contributed by atoms with Crippen molar-refractivity contribution in [3.8, 4) is 5.75 Å². The summed E-state index contributed by atoms with van der Waals surface area (Å²) < 4.78 is 5.76. The molecule has 0 aromatic heterocycles. The number of hydrogen-bond acceptors (Lipinski definition) is 3. The molecule has 0 aliphatic carbocycles. The van der Waals surface area contributed by atoms with Gasteiger partial charge in [-0.1, -0.05) is 31.5 Å². The number of likely N-dealkylation sites (tertiary alicyclic amines) is 1. The summed E-state index contributed by atoms with van der Waals surface area (Å²) in [6.45, 7) is 6.59. The van der Waals surface area contributed by atoms with Crippen LogP contribution >= 0.6 is 0 Å². The number of para-hydroxylation sites is 1. The molecule has 1 fully saturated rings. The number of piperidine rings is 1. The van der Waals surface area contributed by atoms with E-state index in [0.717, 1.165) is 44.8 Å². The van der Waals surface area contributed by atoms with E-state index in [-0.39, 0.29) is 0 Å². The monoisotopic (exact) mass is 274 g/mol. The third-order valence-electron chi connectivity index (χ3n) is 4.96. The third-order valence-corrected chi connectivity index (χ3v) is 4.96. The molecule has 3 atom stereocenters. The highest BCUT2D eigenvalue weighted by molar-refractivity contribution is 5.37. The van der Waals surface area contributed by atoms with Crippen LogP contribution in [-0.4, -0.2) is 37.2 Å². The molecule has 0 radical (unpaired) electrons. The molecule has 1 aromatic carbocycles. The predicted molar refractivity (Wildman–Crippen MR) is 82.1 cm³/mol. The van der Waals surface area contributed by atoms with Crippen LogP contribution in [0.1, 0.15) is 37.7 Å². The van der Waals surface area contributed by atoms with Crippen molar-refractivity contribution in [2.45, 2.75) is 38.1 Å². The lowest BCUT2D eigenvalue weighted by Gasteiger charge is -2.39. The number of nitrogens with two attached hydrogens (primary N) is 1. The zero-order valence-corrected chi connectivity index (χ0v) is 12.4. The van der Waals surface area contributed by atoms with E-state index in [1.165, 1.54) is 12.0 Å². The van der Waals surface area contributed by atoms with Gasteiger partial charge in [0, 0.05) is 25.0 Å². The van der Waals surface area contributed by atoms with Gasteiger partial charge in [0.05, 0.1) is 6.61 Å². The number of rotatable bonds is 3. The highest BCUT2D eigenvalue weighted by Gasteiger charge is 2.29. The number of benzene rings is 1. The Morgan fingerprint density at radius 1 is 1.30 bits per heavy atom. The summed E-state index contributed by atoms with van der Waals surface area (Å²) in [5.74, 6) is 2.37. The van der Waals surface area contributed by atoms with Gasteiger partial charge < -0.3 is 15.4 Å². The van der Waals surface area contributed by atoms with Crippen molar-refractivity contribution in [2.75, 3.05) is 26.2 Å². The average molecular weight is 274 g/mol. The smallest absolute Gasteiger partial charge is 0.122 e. The standard InChI is InChI=1S/C17H26N2O/c1-2-13-11-19(9-7-16(13)18)12-14-8-10-20-17-6-4-3-5-15(14)17/h3-6,13-14,16H,2,7-12,18H2,1H3. The first kappa shape index (κ1) is 13.9. The fourth-order valence-corrected chi connectivity index (χ4v) is 3.64. The Hall–Kier alpha value is -1.06. The van der Waals surface area contributed by atoms with Gasteiger partial charge in [-0.05, 0) is 36.9 Å². The summed E-state index contributed by atoms with van der Waals surface area (Å²) in [4.78, 5) is 2.62. The van der Waals surface area contributed by atoms with Gasteiger partial charge in [-0.2, -0.15) is 0 Å². The molecule has 1 aromatic rings. The molecule has 20 heavy (non-hydrogen) atoms. The number of nitrogens with zero attached hydrogens (tertiary/aromatic N) is 1. The minimum absolute atomic E-state index is 0.401. The lowest BCUT2D eigenvalue weighted by atomic mass is 9.88. The van der Waals surface area contributed by atoms with Gasteiger partial charge in [-0.15, -0.1) is 0 Å². The summed E-state index contributed by atoms with van der Waals surface area (Å²) in [5.41, 5.74) is 7.61. The minimum Gasteiger partial charge on any atom is -0.493 e. The molecular weight excluding hydrogens is 248 g/mol. The van der Waals surface area contributed by atoms with Crippen LogP contribution < -0.4 is 10.5 Å². The van der Waals surface area contributed by atoms with Crippen molar-refractivity contribution >= 4 is 0 Å².